The molecule has 2 aromatic rings. The van der Waals surface area contributed by atoms with Crippen molar-refractivity contribution in [3.8, 4) is 0 Å². The Hall–Kier alpha value is -2.85. The average molecular weight is 352 g/mol. The molecule has 4 nitrogen and oxygen atoms in total. The monoisotopic (exact) mass is 351 g/mol. The molecule has 1 amide bonds. The van der Waals surface area contributed by atoms with Gasteiger partial charge in [-0.2, -0.15) is 4.99 Å². The molecule has 0 aromatic heterocycles. The topological polar surface area (TPSA) is 81.5 Å². The Bertz CT molecular complexity index is 980. The van der Waals surface area contributed by atoms with Crippen molar-refractivity contribution in [1.29, 1.82) is 0 Å². The smallest absolute Gasteiger partial charge is 0.280 e. The molecule has 0 fully saturated rings. The Morgan fingerprint density at radius 2 is 2.00 bits per heavy atom. The molecule has 0 radical (unpaired) electrons. The van der Waals surface area contributed by atoms with Crippen LogP contribution in [0, 0.1) is 0 Å². The van der Waals surface area contributed by atoms with Gasteiger partial charge in [-0.1, -0.05) is 54.1 Å². The predicted octanol–water partition coefficient (Wildman–Crippen LogP) is 4.11. The van der Waals surface area contributed by atoms with Crippen molar-refractivity contribution in [2.45, 2.75) is 13.3 Å². The zero-order chi connectivity index (χ0) is 18.0. The number of fused-ring (bicyclic) bond motifs is 1. The van der Waals surface area contributed by atoms with Crippen LogP contribution in [0.25, 0.3) is 16.3 Å². The van der Waals surface area contributed by atoms with Gasteiger partial charge in [0.25, 0.3) is 5.91 Å². The minimum atomic E-state index is -0.467. The van der Waals surface area contributed by atoms with Gasteiger partial charge >= 0.3 is 0 Å². The number of carbonyl (C=O) groups excluding carboxylic acids is 1. The lowest BCUT2D eigenvalue weighted by Crippen LogP contribution is -2.24. The van der Waals surface area contributed by atoms with Crippen molar-refractivity contribution in [2.75, 3.05) is 0 Å². The van der Waals surface area contributed by atoms with E-state index < -0.39 is 5.91 Å². The molecule has 25 heavy (non-hydrogen) atoms. The maximum absolute atomic E-state index is 12.2. The maximum Gasteiger partial charge on any atom is 0.280 e. The van der Waals surface area contributed by atoms with E-state index in [0.717, 1.165) is 33.9 Å². The highest BCUT2D eigenvalue weighted by molar-refractivity contribution is 6.38. The number of amides is 1. The number of benzene rings is 2. The Balaban J connectivity index is 2.19. The van der Waals surface area contributed by atoms with Gasteiger partial charge in [-0.3, -0.25) is 4.79 Å². The standard InChI is InChI=1S/C20H18ClN3O/c1-12-5-2-3-7-16(18(12)21)15-8-4-6-13-9-10-14(11-17(13)15)19(25)24-20(22)23/h2,4-11H,3H2,1H3,(H4,22,23,24,25). The number of hydrogen-bond acceptors (Lipinski definition) is 1. The number of nitrogens with two attached hydrogens (primary N) is 2. The Labute approximate surface area is 151 Å². The lowest BCUT2D eigenvalue weighted by molar-refractivity contribution is 0.100. The van der Waals surface area contributed by atoms with Crippen molar-refractivity contribution < 1.29 is 4.79 Å². The van der Waals surface area contributed by atoms with Crippen molar-refractivity contribution in [2.24, 2.45) is 16.5 Å². The molecule has 0 unspecified atom stereocenters. The summed E-state index contributed by atoms with van der Waals surface area (Å²) in [4.78, 5) is 15.8. The SMILES string of the molecule is CC1=C(Cl)C(c2cccc3ccc(C(=O)N=C(N)N)cc23)=CCC=C1. The Kier molecular flexibility index (Phi) is 4.72. The second-order valence-corrected chi connectivity index (χ2v) is 6.21. The molecule has 0 saturated heterocycles. The normalized spacial score (nSPS) is 14.2. The summed E-state index contributed by atoms with van der Waals surface area (Å²) in [6.07, 6.45) is 6.98. The number of nitrogens with zero attached hydrogens (tertiary/aromatic N) is 1. The van der Waals surface area contributed by atoms with Gasteiger partial charge in [0.05, 0.1) is 5.03 Å². The van der Waals surface area contributed by atoms with E-state index in [1.807, 2.05) is 37.3 Å². The summed E-state index contributed by atoms with van der Waals surface area (Å²) in [7, 11) is 0. The van der Waals surface area contributed by atoms with E-state index in [2.05, 4.69) is 17.1 Å². The van der Waals surface area contributed by atoms with Crippen molar-refractivity contribution >= 4 is 39.8 Å². The van der Waals surface area contributed by atoms with Gasteiger partial charge in [0.15, 0.2) is 5.96 Å². The third kappa shape index (κ3) is 3.49. The van der Waals surface area contributed by atoms with Gasteiger partial charge in [0.2, 0.25) is 0 Å². The summed E-state index contributed by atoms with van der Waals surface area (Å²) in [5.41, 5.74) is 14.0. The minimum Gasteiger partial charge on any atom is -0.370 e. The molecule has 3 rings (SSSR count). The number of hydrogen-bond donors (Lipinski definition) is 2. The Morgan fingerprint density at radius 3 is 2.76 bits per heavy atom. The molecule has 126 valence electrons. The highest BCUT2D eigenvalue weighted by Gasteiger charge is 2.14. The van der Waals surface area contributed by atoms with E-state index >= 15 is 0 Å². The van der Waals surface area contributed by atoms with Gasteiger partial charge in [-0.15, -0.1) is 0 Å². The molecular weight excluding hydrogens is 334 g/mol. The number of halogens is 1. The van der Waals surface area contributed by atoms with Crippen LogP contribution >= 0.6 is 11.6 Å². The molecule has 1 aliphatic carbocycles. The van der Waals surface area contributed by atoms with Crippen molar-refractivity contribution in [3.63, 3.8) is 0 Å². The van der Waals surface area contributed by atoms with E-state index in [0.29, 0.717) is 10.6 Å². The van der Waals surface area contributed by atoms with Crippen LogP contribution in [0.4, 0.5) is 0 Å². The van der Waals surface area contributed by atoms with Gasteiger partial charge < -0.3 is 11.5 Å². The second-order valence-electron chi connectivity index (χ2n) is 5.84. The first-order valence-corrected chi connectivity index (χ1v) is 8.25. The molecule has 0 aliphatic heterocycles. The lowest BCUT2D eigenvalue weighted by Gasteiger charge is -2.12. The quantitative estimate of drug-likeness (QED) is 0.631. The zero-order valence-corrected chi connectivity index (χ0v) is 14.5. The van der Waals surface area contributed by atoms with Gasteiger partial charge in [0.1, 0.15) is 0 Å². The summed E-state index contributed by atoms with van der Waals surface area (Å²) in [5, 5.41) is 2.65. The predicted molar refractivity (Wildman–Crippen MR) is 104 cm³/mol. The number of guanidine groups is 1. The number of carbonyl (C=O) groups is 1. The summed E-state index contributed by atoms with van der Waals surface area (Å²) in [5.74, 6) is -0.719. The third-order valence-corrected chi connectivity index (χ3v) is 4.56. The number of allylic oxidation sites excluding steroid dienone is 6. The highest BCUT2D eigenvalue weighted by atomic mass is 35.5. The van der Waals surface area contributed by atoms with Crippen molar-refractivity contribution in [1.82, 2.24) is 0 Å². The maximum atomic E-state index is 12.2. The summed E-state index contributed by atoms with van der Waals surface area (Å²) < 4.78 is 0. The number of rotatable bonds is 2. The summed E-state index contributed by atoms with van der Waals surface area (Å²) >= 11 is 6.58. The first kappa shape index (κ1) is 17.0. The molecule has 0 atom stereocenters. The van der Waals surface area contributed by atoms with Gasteiger partial charge in [0, 0.05) is 5.56 Å². The fourth-order valence-corrected chi connectivity index (χ4v) is 3.10. The molecule has 1 aliphatic rings. The summed E-state index contributed by atoms with van der Waals surface area (Å²) in [6, 6.07) is 11.4. The van der Waals surface area contributed by atoms with Crippen LogP contribution in [-0.4, -0.2) is 11.9 Å². The first-order valence-electron chi connectivity index (χ1n) is 7.88. The van der Waals surface area contributed by atoms with E-state index in [4.69, 9.17) is 23.1 Å². The van der Waals surface area contributed by atoms with E-state index in [1.165, 1.54) is 0 Å². The average Bonchev–Trinajstić information content (AvgIpc) is 2.75. The summed E-state index contributed by atoms with van der Waals surface area (Å²) in [6.45, 7) is 1.98. The first-order chi connectivity index (χ1) is 12.0. The molecule has 0 spiro atoms. The lowest BCUT2D eigenvalue weighted by atomic mass is 9.95. The molecule has 0 saturated carbocycles. The molecular formula is C20H18ClN3O. The van der Waals surface area contributed by atoms with Gasteiger partial charge in [-0.25, -0.2) is 0 Å². The zero-order valence-electron chi connectivity index (χ0n) is 13.8. The fraction of sp³-hybridized carbons (Fsp3) is 0.100. The van der Waals surface area contributed by atoms with Crippen LogP contribution in [0.5, 0.6) is 0 Å². The molecule has 2 aromatic carbocycles. The van der Waals surface area contributed by atoms with Crippen LogP contribution in [0.15, 0.2) is 70.2 Å². The molecule has 4 N–H and O–H groups in total. The van der Waals surface area contributed by atoms with Gasteiger partial charge in [-0.05, 0) is 53.0 Å². The van der Waals surface area contributed by atoms with Crippen molar-refractivity contribution in [3.05, 3.63) is 76.4 Å². The van der Waals surface area contributed by atoms with Crippen LogP contribution in [0.1, 0.15) is 29.3 Å². The van der Waals surface area contributed by atoms with E-state index in [1.54, 1.807) is 12.1 Å². The fourth-order valence-electron chi connectivity index (χ4n) is 2.86. The second kappa shape index (κ2) is 6.95. The van der Waals surface area contributed by atoms with Crippen LogP contribution in [0.3, 0.4) is 0 Å². The van der Waals surface area contributed by atoms with Crippen LogP contribution < -0.4 is 11.5 Å². The number of aliphatic imine (C=N–C) groups is 1. The largest absolute Gasteiger partial charge is 0.370 e. The van der Waals surface area contributed by atoms with Crippen LogP contribution in [-0.2, 0) is 0 Å². The Morgan fingerprint density at radius 1 is 1.20 bits per heavy atom. The van der Waals surface area contributed by atoms with Crippen LogP contribution in [0.2, 0.25) is 0 Å². The molecule has 5 heteroatoms. The van der Waals surface area contributed by atoms with E-state index in [9.17, 15) is 4.79 Å². The minimum absolute atomic E-state index is 0.252. The third-order valence-electron chi connectivity index (χ3n) is 4.06. The van der Waals surface area contributed by atoms with E-state index in [-0.39, 0.29) is 5.96 Å². The molecule has 0 heterocycles. The molecule has 0 bridgehead atoms. The highest BCUT2D eigenvalue weighted by Crippen LogP contribution is 2.35.